The van der Waals surface area contributed by atoms with Gasteiger partial charge in [0.2, 0.25) is 17.7 Å². The summed E-state index contributed by atoms with van der Waals surface area (Å²) >= 11 is 0. The minimum absolute atomic E-state index is 0.0424. The van der Waals surface area contributed by atoms with Crippen molar-refractivity contribution in [2.45, 2.75) is 32.7 Å². The Balaban J connectivity index is 1.62. The number of nitrogens with zero attached hydrogens (tertiary/aromatic N) is 2. The number of hydrogen-bond acceptors (Lipinski definition) is 4. The van der Waals surface area contributed by atoms with E-state index in [4.69, 9.17) is 0 Å². The third kappa shape index (κ3) is 5.32. The maximum absolute atomic E-state index is 12.9. The molecule has 0 saturated carbocycles. The first-order chi connectivity index (χ1) is 13.4. The van der Waals surface area contributed by atoms with Gasteiger partial charge in [0.1, 0.15) is 6.04 Å². The summed E-state index contributed by atoms with van der Waals surface area (Å²) in [6.07, 6.45) is 1.14. The van der Waals surface area contributed by atoms with E-state index in [1.165, 1.54) is 6.42 Å². The van der Waals surface area contributed by atoms with Crippen LogP contribution in [0, 0.1) is 11.8 Å². The van der Waals surface area contributed by atoms with Gasteiger partial charge in [0, 0.05) is 31.9 Å². The summed E-state index contributed by atoms with van der Waals surface area (Å²) in [6, 6.07) is 8.36. The highest BCUT2D eigenvalue weighted by Crippen LogP contribution is 2.21. The fourth-order valence-corrected chi connectivity index (χ4v) is 4.33. The predicted octanol–water partition coefficient (Wildman–Crippen LogP) is 1.32. The van der Waals surface area contributed by atoms with Gasteiger partial charge >= 0.3 is 0 Å². The van der Waals surface area contributed by atoms with E-state index in [1.54, 1.807) is 17.0 Å². The zero-order valence-electron chi connectivity index (χ0n) is 16.7. The third-order valence-electron chi connectivity index (χ3n) is 5.39. The number of carbonyl (C=O) groups excluding carboxylic acids is 3. The van der Waals surface area contributed by atoms with Crippen LogP contribution in [0.2, 0.25) is 0 Å². The van der Waals surface area contributed by atoms with Crippen LogP contribution in [0.1, 0.15) is 26.7 Å². The largest absolute Gasteiger partial charge is 0.353 e. The molecule has 0 bridgehead atoms. The third-order valence-corrected chi connectivity index (χ3v) is 5.39. The zero-order chi connectivity index (χ0) is 20.1. The quantitative estimate of drug-likeness (QED) is 0.800. The van der Waals surface area contributed by atoms with Crippen LogP contribution in [-0.4, -0.2) is 66.3 Å². The maximum Gasteiger partial charge on any atom is 0.243 e. The average Bonchev–Trinajstić information content (AvgIpc) is 2.63. The molecule has 2 saturated heterocycles. The SMILES string of the molecule is CC1CC(C)CN(CC(=O)N2CCNC(=O)C2CC(=O)Nc2ccccc2)C1. The van der Waals surface area contributed by atoms with Crippen molar-refractivity contribution in [2.75, 3.05) is 38.0 Å². The van der Waals surface area contributed by atoms with Gasteiger partial charge in [-0.15, -0.1) is 0 Å². The Labute approximate surface area is 166 Å². The van der Waals surface area contributed by atoms with Gasteiger partial charge in [-0.1, -0.05) is 32.0 Å². The van der Waals surface area contributed by atoms with E-state index in [2.05, 4.69) is 29.4 Å². The molecular formula is C21H30N4O3. The van der Waals surface area contributed by atoms with Crippen LogP contribution in [0.4, 0.5) is 5.69 Å². The molecule has 7 nitrogen and oxygen atoms in total. The van der Waals surface area contributed by atoms with Gasteiger partial charge in [-0.25, -0.2) is 0 Å². The van der Waals surface area contributed by atoms with Gasteiger partial charge in [0.05, 0.1) is 13.0 Å². The van der Waals surface area contributed by atoms with Gasteiger partial charge in [-0.2, -0.15) is 0 Å². The number of rotatable bonds is 5. The molecule has 2 fully saturated rings. The summed E-state index contributed by atoms with van der Waals surface area (Å²) in [6.45, 7) is 7.38. The molecule has 0 aromatic heterocycles. The number of benzene rings is 1. The second-order valence-electron chi connectivity index (χ2n) is 8.15. The molecule has 2 aliphatic heterocycles. The Hall–Kier alpha value is -2.41. The zero-order valence-corrected chi connectivity index (χ0v) is 16.7. The highest BCUT2D eigenvalue weighted by molar-refractivity contribution is 5.97. The number of hydrogen-bond donors (Lipinski definition) is 2. The summed E-state index contributed by atoms with van der Waals surface area (Å²) in [4.78, 5) is 41.5. The Morgan fingerprint density at radius 1 is 1.14 bits per heavy atom. The predicted molar refractivity (Wildman–Crippen MR) is 108 cm³/mol. The molecule has 2 heterocycles. The molecule has 3 atom stereocenters. The molecule has 28 heavy (non-hydrogen) atoms. The second kappa shape index (κ2) is 9.19. The van der Waals surface area contributed by atoms with Crippen molar-refractivity contribution < 1.29 is 14.4 Å². The minimum atomic E-state index is -0.760. The first-order valence-corrected chi connectivity index (χ1v) is 10.1. The van der Waals surface area contributed by atoms with E-state index >= 15 is 0 Å². The van der Waals surface area contributed by atoms with Crippen molar-refractivity contribution in [2.24, 2.45) is 11.8 Å². The summed E-state index contributed by atoms with van der Waals surface area (Å²) in [5.74, 6) is 0.519. The van der Waals surface area contributed by atoms with Crippen molar-refractivity contribution >= 4 is 23.4 Å². The van der Waals surface area contributed by atoms with Crippen molar-refractivity contribution in [3.8, 4) is 0 Å². The molecule has 2 N–H and O–H groups in total. The summed E-state index contributed by atoms with van der Waals surface area (Å²) in [5.41, 5.74) is 0.679. The number of nitrogens with one attached hydrogen (secondary N) is 2. The van der Waals surface area contributed by atoms with Crippen molar-refractivity contribution in [1.82, 2.24) is 15.1 Å². The van der Waals surface area contributed by atoms with Crippen molar-refractivity contribution in [3.05, 3.63) is 30.3 Å². The monoisotopic (exact) mass is 386 g/mol. The number of anilines is 1. The van der Waals surface area contributed by atoms with Crippen LogP contribution in [0.25, 0.3) is 0 Å². The topological polar surface area (TPSA) is 81.8 Å². The van der Waals surface area contributed by atoms with Gasteiger partial charge in [-0.05, 0) is 30.4 Å². The molecule has 3 rings (SSSR count). The van der Waals surface area contributed by atoms with Crippen molar-refractivity contribution in [3.63, 3.8) is 0 Å². The van der Waals surface area contributed by atoms with Crippen LogP contribution in [0.5, 0.6) is 0 Å². The molecule has 1 aromatic rings. The fourth-order valence-electron chi connectivity index (χ4n) is 4.33. The number of para-hydroxylation sites is 1. The van der Waals surface area contributed by atoms with Crippen LogP contribution in [0.3, 0.4) is 0 Å². The number of piperazine rings is 1. The molecule has 1 aromatic carbocycles. The van der Waals surface area contributed by atoms with Gasteiger partial charge in [0.25, 0.3) is 0 Å². The highest BCUT2D eigenvalue weighted by Gasteiger charge is 2.35. The maximum atomic E-state index is 12.9. The van der Waals surface area contributed by atoms with Crippen LogP contribution < -0.4 is 10.6 Å². The Kier molecular flexibility index (Phi) is 6.67. The van der Waals surface area contributed by atoms with Gasteiger partial charge < -0.3 is 15.5 Å². The summed E-state index contributed by atoms with van der Waals surface area (Å²) in [7, 11) is 0. The molecule has 3 amide bonds. The number of carbonyl (C=O) groups is 3. The summed E-state index contributed by atoms with van der Waals surface area (Å²) in [5, 5.41) is 5.57. The Morgan fingerprint density at radius 2 is 1.82 bits per heavy atom. The molecule has 0 aliphatic carbocycles. The van der Waals surface area contributed by atoms with Crippen LogP contribution in [0.15, 0.2) is 30.3 Å². The molecule has 152 valence electrons. The van der Waals surface area contributed by atoms with E-state index < -0.39 is 6.04 Å². The second-order valence-corrected chi connectivity index (χ2v) is 8.15. The standard InChI is InChI=1S/C21H30N4O3/c1-15-10-16(2)13-24(12-15)14-20(27)25-9-8-22-21(28)18(25)11-19(26)23-17-6-4-3-5-7-17/h3-7,15-16,18H,8-14H2,1-2H3,(H,22,28)(H,23,26). The molecule has 0 spiro atoms. The molecule has 2 aliphatic rings. The minimum Gasteiger partial charge on any atom is -0.353 e. The lowest BCUT2D eigenvalue weighted by Gasteiger charge is -2.38. The highest BCUT2D eigenvalue weighted by atomic mass is 16.2. The van der Waals surface area contributed by atoms with Crippen molar-refractivity contribution in [1.29, 1.82) is 0 Å². The molecular weight excluding hydrogens is 356 g/mol. The molecule has 7 heteroatoms. The van der Waals surface area contributed by atoms with E-state index in [0.29, 0.717) is 37.2 Å². The lowest BCUT2D eigenvalue weighted by molar-refractivity contribution is -0.145. The summed E-state index contributed by atoms with van der Waals surface area (Å²) < 4.78 is 0. The Morgan fingerprint density at radius 3 is 2.50 bits per heavy atom. The van der Waals surface area contributed by atoms with E-state index in [1.807, 2.05) is 18.2 Å². The first kappa shape index (κ1) is 20.3. The lowest BCUT2D eigenvalue weighted by atomic mass is 9.92. The van der Waals surface area contributed by atoms with Gasteiger partial charge in [0.15, 0.2) is 0 Å². The van der Waals surface area contributed by atoms with Crippen LogP contribution in [-0.2, 0) is 14.4 Å². The number of amides is 3. The van der Waals surface area contributed by atoms with E-state index in [0.717, 1.165) is 13.1 Å². The van der Waals surface area contributed by atoms with Crippen LogP contribution >= 0.6 is 0 Å². The number of likely N-dealkylation sites (tertiary alicyclic amines) is 1. The fraction of sp³-hybridized carbons (Fsp3) is 0.571. The molecule has 3 unspecified atom stereocenters. The van der Waals surface area contributed by atoms with E-state index in [9.17, 15) is 14.4 Å². The number of piperidine rings is 1. The van der Waals surface area contributed by atoms with E-state index in [-0.39, 0.29) is 24.1 Å². The normalized spacial score (nSPS) is 25.9. The molecule has 0 radical (unpaired) electrons. The smallest absolute Gasteiger partial charge is 0.243 e. The van der Waals surface area contributed by atoms with Gasteiger partial charge in [-0.3, -0.25) is 19.3 Å². The lowest BCUT2D eigenvalue weighted by Crippen LogP contribution is -2.60. The average molecular weight is 386 g/mol. The Bertz CT molecular complexity index is 699. The first-order valence-electron chi connectivity index (χ1n) is 10.1.